The monoisotopic (exact) mass is 386 g/mol. The van der Waals surface area contributed by atoms with Crippen LogP contribution in [0.5, 0.6) is 11.6 Å². The van der Waals surface area contributed by atoms with Crippen molar-refractivity contribution in [3.63, 3.8) is 0 Å². The molecule has 1 aromatic carbocycles. The van der Waals surface area contributed by atoms with Crippen molar-refractivity contribution in [2.75, 3.05) is 6.54 Å². The van der Waals surface area contributed by atoms with Gasteiger partial charge in [-0.2, -0.15) is 0 Å². The molecule has 0 amide bonds. The Morgan fingerprint density at radius 2 is 2.20 bits per heavy atom. The van der Waals surface area contributed by atoms with E-state index in [1.54, 1.807) is 18.3 Å². The fourth-order valence-corrected chi connectivity index (χ4v) is 2.23. The summed E-state index contributed by atoms with van der Waals surface area (Å²) in [5, 5.41) is 3.17. The topological polar surface area (TPSA) is 34.2 Å². The van der Waals surface area contributed by atoms with Gasteiger partial charge in [0.05, 0.1) is 0 Å². The number of rotatable bonds is 6. The summed E-state index contributed by atoms with van der Waals surface area (Å²) in [7, 11) is 0. The van der Waals surface area contributed by atoms with E-state index < -0.39 is 5.82 Å². The third-order valence-electron chi connectivity index (χ3n) is 2.69. The molecule has 2 rings (SSSR count). The van der Waals surface area contributed by atoms with Crippen molar-refractivity contribution in [1.82, 2.24) is 10.3 Å². The minimum absolute atomic E-state index is 0.0165. The molecule has 2 aromatic rings. The predicted molar refractivity (Wildman–Crippen MR) is 85.4 cm³/mol. The van der Waals surface area contributed by atoms with Gasteiger partial charge < -0.3 is 10.1 Å². The quantitative estimate of drug-likeness (QED) is 0.599. The average molecular weight is 386 g/mol. The van der Waals surface area contributed by atoms with Crippen LogP contribution in [-0.4, -0.2) is 11.5 Å². The van der Waals surface area contributed by atoms with Crippen LogP contribution in [0.1, 0.15) is 18.9 Å². The Hall–Kier alpha value is -1.21. The lowest BCUT2D eigenvalue weighted by Gasteiger charge is -2.09. The van der Waals surface area contributed by atoms with Crippen molar-refractivity contribution in [3.8, 4) is 11.6 Å². The molecule has 0 aliphatic heterocycles. The van der Waals surface area contributed by atoms with Gasteiger partial charge in [-0.05, 0) is 59.8 Å². The maximum Gasteiger partial charge on any atom is 0.256 e. The molecule has 3 nitrogen and oxygen atoms in total. The Morgan fingerprint density at radius 1 is 1.35 bits per heavy atom. The fourth-order valence-electron chi connectivity index (χ4n) is 1.71. The molecule has 0 aliphatic rings. The first-order valence-corrected chi connectivity index (χ1v) is 7.56. The molecule has 0 spiro atoms. The van der Waals surface area contributed by atoms with Gasteiger partial charge in [-0.25, -0.2) is 9.37 Å². The van der Waals surface area contributed by atoms with Crippen LogP contribution in [0.25, 0.3) is 0 Å². The lowest BCUT2D eigenvalue weighted by atomic mass is 10.2. The molecular formula is C15H16FIN2O. The molecular weight excluding hydrogens is 370 g/mol. The summed E-state index contributed by atoms with van der Waals surface area (Å²) >= 11 is 2.18. The van der Waals surface area contributed by atoms with Crippen LogP contribution < -0.4 is 10.1 Å². The molecule has 0 aliphatic carbocycles. The molecule has 0 fully saturated rings. The van der Waals surface area contributed by atoms with Crippen molar-refractivity contribution >= 4 is 22.6 Å². The van der Waals surface area contributed by atoms with Gasteiger partial charge in [0.25, 0.3) is 5.88 Å². The molecule has 1 N–H and O–H groups in total. The Labute approximate surface area is 131 Å². The first-order chi connectivity index (χ1) is 9.70. The van der Waals surface area contributed by atoms with E-state index >= 15 is 0 Å². The number of aromatic nitrogens is 1. The highest BCUT2D eigenvalue weighted by Crippen LogP contribution is 2.25. The maximum atomic E-state index is 14.3. The number of pyridine rings is 1. The van der Waals surface area contributed by atoms with Crippen LogP contribution in [0.3, 0.4) is 0 Å². The summed E-state index contributed by atoms with van der Waals surface area (Å²) in [6.45, 7) is 3.40. The van der Waals surface area contributed by atoms with Gasteiger partial charge in [-0.1, -0.05) is 13.0 Å². The van der Waals surface area contributed by atoms with Gasteiger partial charge in [0.1, 0.15) is 5.75 Å². The first-order valence-electron chi connectivity index (χ1n) is 6.48. The summed E-state index contributed by atoms with van der Waals surface area (Å²) in [5.74, 6) is 0.194. The van der Waals surface area contributed by atoms with Gasteiger partial charge in [0.15, 0.2) is 5.82 Å². The average Bonchev–Trinajstić information content (AvgIpc) is 2.43. The number of benzene rings is 1. The molecule has 0 saturated heterocycles. The van der Waals surface area contributed by atoms with E-state index in [0.29, 0.717) is 17.9 Å². The number of hydrogen-bond donors (Lipinski definition) is 1. The second kappa shape index (κ2) is 7.54. The number of nitrogens with zero attached hydrogens (tertiary/aromatic N) is 1. The third kappa shape index (κ3) is 4.14. The van der Waals surface area contributed by atoms with Crippen LogP contribution in [0, 0.1) is 9.39 Å². The van der Waals surface area contributed by atoms with E-state index in [1.807, 2.05) is 18.2 Å². The predicted octanol–water partition coefficient (Wildman–Crippen LogP) is 4.12. The van der Waals surface area contributed by atoms with E-state index in [2.05, 4.69) is 39.8 Å². The maximum absolute atomic E-state index is 14.3. The van der Waals surface area contributed by atoms with Crippen LogP contribution in [-0.2, 0) is 6.54 Å². The normalized spacial score (nSPS) is 10.6. The largest absolute Gasteiger partial charge is 0.436 e. The van der Waals surface area contributed by atoms with E-state index in [1.165, 1.54) is 0 Å². The van der Waals surface area contributed by atoms with Crippen molar-refractivity contribution in [3.05, 3.63) is 51.5 Å². The Morgan fingerprint density at radius 3 is 2.95 bits per heavy atom. The summed E-state index contributed by atoms with van der Waals surface area (Å²) in [6.07, 6.45) is 2.58. The molecule has 0 radical (unpaired) electrons. The van der Waals surface area contributed by atoms with Crippen molar-refractivity contribution < 1.29 is 9.13 Å². The summed E-state index contributed by atoms with van der Waals surface area (Å²) in [5.41, 5.74) is 0.564. The van der Waals surface area contributed by atoms with E-state index in [4.69, 9.17) is 4.74 Å². The molecule has 1 aromatic heterocycles. The summed E-state index contributed by atoms with van der Waals surface area (Å²) < 4.78 is 20.8. The minimum atomic E-state index is -0.407. The minimum Gasteiger partial charge on any atom is -0.436 e. The number of ether oxygens (including phenoxy) is 1. The Kier molecular flexibility index (Phi) is 5.72. The molecule has 20 heavy (non-hydrogen) atoms. The van der Waals surface area contributed by atoms with Crippen LogP contribution in [0.15, 0.2) is 36.5 Å². The third-order valence-corrected chi connectivity index (χ3v) is 3.36. The van der Waals surface area contributed by atoms with Crippen LogP contribution in [0.4, 0.5) is 4.39 Å². The lowest BCUT2D eigenvalue weighted by molar-refractivity contribution is 0.417. The van der Waals surface area contributed by atoms with E-state index in [9.17, 15) is 4.39 Å². The lowest BCUT2D eigenvalue weighted by Crippen LogP contribution is -2.15. The Bertz CT molecular complexity index is 578. The summed E-state index contributed by atoms with van der Waals surface area (Å²) in [4.78, 5) is 3.96. The molecule has 0 atom stereocenters. The highest BCUT2D eigenvalue weighted by molar-refractivity contribution is 14.1. The van der Waals surface area contributed by atoms with Gasteiger partial charge in [-0.15, -0.1) is 0 Å². The second-order valence-electron chi connectivity index (χ2n) is 4.33. The number of nitrogens with one attached hydrogen (secondary N) is 1. The van der Waals surface area contributed by atoms with Gasteiger partial charge >= 0.3 is 0 Å². The molecule has 1 heterocycles. The number of halogens is 2. The van der Waals surface area contributed by atoms with Gasteiger partial charge in [0, 0.05) is 21.9 Å². The zero-order valence-corrected chi connectivity index (χ0v) is 13.4. The molecule has 106 valence electrons. The molecule has 0 saturated carbocycles. The van der Waals surface area contributed by atoms with Crippen molar-refractivity contribution in [1.29, 1.82) is 0 Å². The zero-order chi connectivity index (χ0) is 14.4. The smallest absolute Gasteiger partial charge is 0.256 e. The SMILES string of the molecule is CCCNCc1ccnc(Oc2cccc(I)c2)c1F. The summed E-state index contributed by atoms with van der Waals surface area (Å²) in [6, 6.07) is 9.10. The van der Waals surface area contributed by atoms with Crippen molar-refractivity contribution in [2.24, 2.45) is 0 Å². The van der Waals surface area contributed by atoms with Crippen LogP contribution >= 0.6 is 22.6 Å². The van der Waals surface area contributed by atoms with Crippen molar-refractivity contribution in [2.45, 2.75) is 19.9 Å². The van der Waals surface area contributed by atoms with Gasteiger partial charge in [0.2, 0.25) is 0 Å². The van der Waals surface area contributed by atoms with E-state index in [-0.39, 0.29) is 5.88 Å². The second-order valence-corrected chi connectivity index (χ2v) is 5.57. The Balaban J connectivity index is 2.14. The van der Waals surface area contributed by atoms with E-state index in [0.717, 1.165) is 16.5 Å². The standard InChI is InChI=1S/C15H16FIN2O/c1-2-7-18-10-11-6-8-19-15(14(11)16)20-13-5-3-4-12(17)9-13/h3-6,8-9,18H,2,7,10H2,1H3. The van der Waals surface area contributed by atoms with Gasteiger partial charge in [-0.3, -0.25) is 0 Å². The fraction of sp³-hybridized carbons (Fsp3) is 0.267. The number of hydrogen-bond acceptors (Lipinski definition) is 3. The highest BCUT2D eigenvalue weighted by atomic mass is 127. The highest BCUT2D eigenvalue weighted by Gasteiger charge is 2.11. The molecule has 0 bridgehead atoms. The zero-order valence-electron chi connectivity index (χ0n) is 11.2. The van der Waals surface area contributed by atoms with Crippen LogP contribution in [0.2, 0.25) is 0 Å². The molecule has 5 heteroatoms. The first kappa shape index (κ1) is 15.2. The molecule has 0 unspecified atom stereocenters.